The molecule has 0 unspecified atom stereocenters. The molecule has 0 saturated carbocycles. The second-order valence-electron chi connectivity index (χ2n) is 5.12. The highest BCUT2D eigenvalue weighted by molar-refractivity contribution is 6.32. The van der Waals surface area contributed by atoms with E-state index in [0.717, 1.165) is 11.3 Å². The minimum atomic E-state index is 0.0926. The molecule has 2 aromatic rings. The number of anilines is 1. The molecular formula is C16H18ClN3O. The molecule has 21 heavy (non-hydrogen) atoms. The molecule has 0 bridgehead atoms. The Morgan fingerprint density at radius 3 is 2.71 bits per heavy atom. The summed E-state index contributed by atoms with van der Waals surface area (Å²) in [5.74, 6) is 0.684. The lowest BCUT2D eigenvalue weighted by Gasteiger charge is -2.13. The van der Waals surface area contributed by atoms with Crippen LogP contribution in [0.3, 0.4) is 0 Å². The van der Waals surface area contributed by atoms with E-state index in [-0.39, 0.29) is 6.10 Å². The van der Waals surface area contributed by atoms with Gasteiger partial charge in [-0.3, -0.25) is 0 Å². The molecule has 0 amide bonds. The van der Waals surface area contributed by atoms with Crippen molar-refractivity contribution in [3.63, 3.8) is 0 Å². The van der Waals surface area contributed by atoms with Crippen LogP contribution in [0.1, 0.15) is 25.1 Å². The molecule has 5 heteroatoms. The summed E-state index contributed by atoms with van der Waals surface area (Å²) in [6, 6.07) is 9.64. The molecule has 1 N–H and O–H groups in total. The Labute approximate surface area is 129 Å². The van der Waals surface area contributed by atoms with Crippen LogP contribution in [0.4, 0.5) is 5.69 Å². The number of rotatable bonds is 5. The normalized spacial score (nSPS) is 10.5. The van der Waals surface area contributed by atoms with Gasteiger partial charge in [-0.15, -0.1) is 0 Å². The summed E-state index contributed by atoms with van der Waals surface area (Å²) in [6.45, 7) is 4.56. The molecule has 0 atom stereocenters. The summed E-state index contributed by atoms with van der Waals surface area (Å²) in [6.07, 6.45) is 2.03. The van der Waals surface area contributed by atoms with Crippen molar-refractivity contribution in [3.8, 4) is 11.8 Å². The first kappa shape index (κ1) is 15.3. The summed E-state index contributed by atoms with van der Waals surface area (Å²) >= 11 is 6.19. The zero-order valence-electron chi connectivity index (χ0n) is 12.4. The predicted octanol–water partition coefficient (Wildman–Crippen LogP) is 3.95. The monoisotopic (exact) mass is 303 g/mol. The Morgan fingerprint density at radius 1 is 1.38 bits per heavy atom. The number of nitrogens with zero attached hydrogens (tertiary/aromatic N) is 2. The van der Waals surface area contributed by atoms with Crippen molar-refractivity contribution < 1.29 is 4.74 Å². The Kier molecular flexibility index (Phi) is 4.77. The van der Waals surface area contributed by atoms with Crippen LogP contribution < -0.4 is 10.1 Å². The lowest BCUT2D eigenvalue weighted by Crippen LogP contribution is -2.06. The summed E-state index contributed by atoms with van der Waals surface area (Å²) in [7, 11) is 1.86. The Balaban J connectivity index is 2.03. The molecule has 0 aliphatic carbocycles. The fourth-order valence-corrected chi connectivity index (χ4v) is 2.23. The summed E-state index contributed by atoms with van der Waals surface area (Å²) in [4.78, 5) is 0. The molecule has 0 radical (unpaired) electrons. The lowest BCUT2D eigenvalue weighted by atomic mass is 10.2. The van der Waals surface area contributed by atoms with Crippen molar-refractivity contribution in [1.82, 2.24) is 4.57 Å². The van der Waals surface area contributed by atoms with Gasteiger partial charge >= 0.3 is 0 Å². The zero-order chi connectivity index (χ0) is 15.4. The van der Waals surface area contributed by atoms with Gasteiger partial charge in [-0.25, -0.2) is 0 Å². The van der Waals surface area contributed by atoms with Crippen molar-refractivity contribution in [1.29, 1.82) is 5.26 Å². The number of ether oxygens (including phenoxy) is 1. The third-order valence-corrected chi connectivity index (χ3v) is 3.26. The van der Waals surface area contributed by atoms with E-state index in [9.17, 15) is 0 Å². The Hall–Kier alpha value is -2.12. The minimum Gasteiger partial charge on any atom is -0.489 e. The number of halogens is 1. The molecule has 0 aliphatic heterocycles. The predicted molar refractivity (Wildman–Crippen MR) is 84.7 cm³/mol. The second kappa shape index (κ2) is 6.55. The maximum atomic E-state index is 8.93. The Morgan fingerprint density at radius 2 is 2.14 bits per heavy atom. The average molecular weight is 304 g/mol. The van der Waals surface area contributed by atoms with Crippen molar-refractivity contribution in [2.75, 3.05) is 5.32 Å². The van der Waals surface area contributed by atoms with E-state index in [2.05, 4.69) is 11.4 Å². The van der Waals surface area contributed by atoms with E-state index in [1.165, 1.54) is 0 Å². The van der Waals surface area contributed by atoms with E-state index in [1.807, 2.05) is 55.9 Å². The van der Waals surface area contributed by atoms with Crippen LogP contribution in [0.15, 0.2) is 30.5 Å². The van der Waals surface area contributed by atoms with Crippen LogP contribution in [0.25, 0.3) is 0 Å². The lowest BCUT2D eigenvalue weighted by molar-refractivity contribution is 0.242. The highest BCUT2D eigenvalue weighted by atomic mass is 35.5. The van der Waals surface area contributed by atoms with Gasteiger partial charge in [0.2, 0.25) is 0 Å². The van der Waals surface area contributed by atoms with Gasteiger partial charge in [-0.05, 0) is 43.7 Å². The molecule has 1 heterocycles. The number of hydrogen-bond acceptors (Lipinski definition) is 3. The summed E-state index contributed by atoms with van der Waals surface area (Å²) in [5.41, 5.74) is 2.61. The Bertz CT molecular complexity index is 671. The maximum absolute atomic E-state index is 8.93. The highest BCUT2D eigenvalue weighted by Gasteiger charge is 2.06. The van der Waals surface area contributed by atoms with Crippen LogP contribution in [-0.2, 0) is 13.6 Å². The minimum absolute atomic E-state index is 0.0926. The third-order valence-electron chi connectivity index (χ3n) is 2.97. The molecule has 1 aromatic heterocycles. The van der Waals surface area contributed by atoms with Gasteiger partial charge in [0.1, 0.15) is 17.5 Å². The maximum Gasteiger partial charge on any atom is 0.138 e. The quantitative estimate of drug-likeness (QED) is 0.910. The van der Waals surface area contributed by atoms with Crippen molar-refractivity contribution in [2.45, 2.75) is 26.5 Å². The van der Waals surface area contributed by atoms with Gasteiger partial charge in [0.15, 0.2) is 0 Å². The molecule has 2 rings (SSSR count). The summed E-state index contributed by atoms with van der Waals surface area (Å²) in [5, 5.41) is 12.8. The molecule has 0 saturated heterocycles. The van der Waals surface area contributed by atoms with Crippen molar-refractivity contribution >= 4 is 17.3 Å². The molecule has 0 spiro atoms. The van der Waals surface area contributed by atoms with Gasteiger partial charge in [-0.1, -0.05) is 11.6 Å². The second-order valence-corrected chi connectivity index (χ2v) is 5.53. The number of aryl methyl sites for hydroxylation is 1. The topological polar surface area (TPSA) is 50.0 Å². The van der Waals surface area contributed by atoms with Crippen LogP contribution in [0.2, 0.25) is 5.02 Å². The molecule has 110 valence electrons. The third kappa shape index (κ3) is 3.93. The molecule has 4 nitrogen and oxygen atoms in total. The van der Waals surface area contributed by atoms with E-state index >= 15 is 0 Å². The molecular weight excluding hydrogens is 286 g/mol. The van der Waals surface area contributed by atoms with Crippen LogP contribution in [0.5, 0.6) is 5.75 Å². The number of nitriles is 1. The highest BCUT2D eigenvalue weighted by Crippen LogP contribution is 2.28. The van der Waals surface area contributed by atoms with E-state index in [1.54, 1.807) is 0 Å². The van der Waals surface area contributed by atoms with E-state index in [4.69, 9.17) is 21.6 Å². The number of benzene rings is 1. The number of aromatic nitrogens is 1. The number of hydrogen-bond donors (Lipinski definition) is 1. The molecule has 1 aromatic carbocycles. The molecule has 0 fully saturated rings. The van der Waals surface area contributed by atoms with Gasteiger partial charge in [0.05, 0.1) is 11.1 Å². The average Bonchev–Trinajstić information content (AvgIpc) is 2.79. The largest absolute Gasteiger partial charge is 0.489 e. The van der Waals surface area contributed by atoms with Gasteiger partial charge < -0.3 is 14.6 Å². The van der Waals surface area contributed by atoms with Crippen molar-refractivity contribution in [2.24, 2.45) is 7.05 Å². The van der Waals surface area contributed by atoms with Crippen LogP contribution >= 0.6 is 11.6 Å². The van der Waals surface area contributed by atoms with E-state index in [0.29, 0.717) is 23.0 Å². The first-order chi connectivity index (χ1) is 9.99. The van der Waals surface area contributed by atoms with Gasteiger partial charge in [0, 0.05) is 25.5 Å². The standard InChI is InChI=1S/C16H18ClN3O/c1-11(2)21-16-5-4-13(7-15(16)17)19-9-12-6-14(8-18)20(3)10-12/h4-7,10-11,19H,9H2,1-3H3. The first-order valence-corrected chi connectivity index (χ1v) is 7.13. The van der Waals surface area contributed by atoms with Crippen molar-refractivity contribution in [3.05, 3.63) is 46.7 Å². The van der Waals surface area contributed by atoms with E-state index < -0.39 is 0 Å². The SMILES string of the molecule is CC(C)Oc1ccc(NCc2cc(C#N)n(C)c2)cc1Cl. The first-order valence-electron chi connectivity index (χ1n) is 6.75. The number of nitrogens with one attached hydrogen (secondary N) is 1. The fraction of sp³-hybridized carbons (Fsp3) is 0.312. The smallest absolute Gasteiger partial charge is 0.138 e. The summed E-state index contributed by atoms with van der Waals surface area (Å²) < 4.78 is 7.41. The van der Waals surface area contributed by atoms with Gasteiger partial charge in [0.25, 0.3) is 0 Å². The van der Waals surface area contributed by atoms with Gasteiger partial charge in [-0.2, -0.15) is 5.26 Å². The zero-order valence-corrected chi connectivity index (χ0v) is 13.1. The fourth-order valence-electron chi connectivity index (χ4n) is 2.01. The van der Waals surface area contributed by atoms with Crippen LogP contribution in [-0.4, -0.2) is 10.7 Å². The van der Waals surface area contributed by atoms with Crippen LogP contribution in [0, 0.1) is 11.3 Å². The molecule has 0 aliphatic rings.